The number of aliphatic carboxylic acids is 1. The number of carbonyl (C=O) groups excluding carboxylic acids is 1. The lowest BCUT2D eigenvalue weighted by Crippen LogP contribution is -2.41. The SMILES string of the molecule is CN(C)S(N)(=O)=O.C[C@H](OC(=O)c1cc(-n2c(=O)cc(C(F)(F)F)n(C)c2=O)c(F)cc1Cl)C(=O)O. The molecule has 0 bridgehead atoms. The molecule has 0 aliphatic heterocycles. The monoisotopic (exact) mass is 562 g/mol. The maximum atomic E-state index is 14.3. The minimum atomic E-state index is -5.02. The van der Waals surface area contributed by atoms with Crippen LogP contribution in [0.25, 0.3) is 5.69 Å². The number of esters is 1. The van der Waals surface area contributed by atoms with E-state index in [4.69, 9.17) is 16.7 Å². The quantitative estimate of drug-likeness (QED) is 0.396. The summed E-state index contributed by atoms with van der Waals surface area (Å²) in [7, 11) is 0.0542. The molecular formula is C18H19ClF4N4O8S. The van der Waals surface area contributed by atoms with Crippen LogP contribution in [0.15, 0.2) is 27.8 Å². The molecular weight excluding hydrogens is 544 g/mol. The van der Waals surface area contributed by atoms with Gasteiger partial charge in [-0.2, -0.15) is 25.9 Å². The molecule has 200 valence electrons. The van der Waals surface area contributed by atoms with Crippen molar-refractivity contribution >= 4 is 33.7 Å². The van der Waals surface area contributed by atoms with Gasteiger partial charge in [-0.05, 0) is 19.1 Å². The van der Waals surface area contributed by atoms with Crippen molar-refractivity contribution in [1.82, 2.24) is 13.4 Å². The van der Waals surface area contributed by atoms with E-state index < -0.39 is 73.5 Å². The van der Waals surface area contributed by atoms with Gasteiger partial charge in [-0.3, -0.25) is 9.36 Å². The number of carboxylic acids is 1. The van der Waals surface area contributed by atoms with Gasteiger partial charge < -0.3 is 9.84 Å². The van der Waals surface area contributed by atoms with Crippen LogP contribution in [-0.4, -0.2) is 59.1 Å². The molecule has 2 rings (SSSR count). The lowest BCUT2D eigenvalue weighted by atomic mass is 10.2. The van der Waals surface area contributed by atoms with Crippen LogP contribution in [0.5, 0.6) is 0 Å². The van der Waals surface area contributed by atoms with Crippen LogP contribution in [0.3, 0.4) is 0 Å². The van der Waals surface area contributed by atoms with E-state index in [0.717, 1.165) is 18.3 Å². The van der Waals surface area contributed by atoms with Crippen molar-refractivity contribution in [1.29, 1.82) is 0 Å². The fourth-order valence-corrected chi connectivity index (χ4v) is 2.49. The van der Waals surface area contributed by atoms with Crippen LogP contribution >= 0.6 is 11.6 Å². The summed E-state index contributed by atoms with van der Waals surface area (Å²) in [6, 6.07) is 1.22. The molecule has 0 saturated carbocycles. The molecule has 0 unspecified atom stereocenters. The number of nitrogens with two attached hydrogens (primary N) is 1. The molecule has 0 aliphatic carbocycles. The molecule has 1 aromatic heterocycles. The summed E-state index contributed by atoms with van der Waals surface area (Å²) >= 11 is 5.74. The van der Waals surface area contributed by atoms with Gasteiger partial charge in [0.15, 0.2) is 6.10 Å². The Morgan fingerprint density at radius 2 is 1.69 bits per heavy atom. The van der Waals surface area contributed by atoms with E-state index in [1.54, 1.807) is 0 Å². The topological polar surface area (TPSA) is 171 Å². The fraction of sp³-hybridized carbons (Fsp3) is 0.333. The Bertz CT molecular complexity index is 1400. The average molecular weight is 563 g/mol. The van der Waals surface area contributed by atoms with E-state index >= 15 is 0 Å². The number of carbonyl (C=O) groups is 2. The Morgan fingerprint density at radius 3 is 2.11 bits per heavy atom. The summed E-state index contributed by atoms with van der Waals surface area (Å²) in [5.74, 6) is -4.11. The smallest absolute Gasteiger partial charge is 0.431 e. The first-order valence-corrected chi connectivity index (χ1v) is 11.1. The van der Waals surface area contributed by atoms with E-state index in [1.165, 1.54) is 14.1 Å². The third kappa shape index (κ3) is 7.36. The summed E-state index contributed by atoms with van der Waals surface area (Å²) in [5.41, 5.74) is -6.09. The number of benzene rings is 1. The standard InChI is InChI=1S/C16H11ClF4N2O6.C2H8N2O2S/c1-6(13(25)26)29-14(27)7-3-10(9(18)4-8(7)17)23-12(24)5-11(16(19,20)21)22(2)15(23)28;1-4(2)7(3,5)6/h3-6H,1-2H3,(H,25,26);1-2H3,(H2,3,5,6)/t6-;/m0./s1. The highest BCUT2D eigenvalue weighted by molar-refractivity contribution is 7.86. The van der Waals surface area contributed by atoms with Gasteiger partial charge in [0.05, 0.1) is 16.3 Å². The van der Waals surface area contributed by atoms with Gasteiger partial charge in [0.25, 0.3) is 15.8 Å². The molecule has 0 aliphatic rings. The van der Waals surface area contributed by atoms with Crippen molar-refractivity contribution in [2.75, 3.05) is 14.1 Å². The molecule has 0 amide bonds. The lowest BCUT2D eigenvalue weighted by Gasteiger charge is -2.15. The molecule has 2 aromatic rings. The van der Waals surface area contributed by atoms with E-state index in [2.05, 4.69) is 9.88 Å². The van der Waals surface area contributed by atoms with Crippen molar-refractivity contribution < 1.29 is 45.4 Å². The van der Waals surface area contributed by atoms with Crippen molar-refractivity contribution in [2.45, 2.75) is 19.2 Å². The van der Waals surface area contributed by atoms with Crippen LogP contribution < -0.4 is 16.4 Å². The van der Waals surface area contributed by atoms with Crippen molar-refractivity contribution in [2.24, 2.45) is 12.2 Å². The van der Waals surface area contributed by atoms with Gasteiger partial charge >= 0.3 is 23.8 Å². The van der Waals surface area contributed by atoms with Crippen LogP contribution in [0.2, 0.25) is 5.02 Å². The maximum absolute atomic E-state index is 14.3. The predicted octanol–water partition coefficient (Wildman–Crippen LogP) is 0.729. The molecule has 3 N–H and O–H groups in total. The van der Waals surface area contributed by atoms with Gasteiger partial charge in [-0.25, -0.2) is 28.5 Å². The molecule has 0 spiro atoms. The summed E-state index contributed by atoms with van der Waals surface area (Å²) in [4.78, 5) is 47.2. The zero-order valence-electron chi connectivity index (χ0n) is 18.8. The summed E-state index contributed by atoms with van der Waals surface area (Å²) in [5, 5.41) is 12.8. The number of carboxylic acid groups (broad SMARTS) is 1. The van der Waals surface area contributed by atoms with Gasteiger partial charge in [-0.1, -0.05) is 11.6 Å². The summed E-state index contributed by atoms with van der Waals surface area (Å²) in [6.45, 7) is 1.02. The number of alkyl halides is 3. The van der Waals surface area contributed by atoms with Crippen LogP contribution in [0, 0.1) is 5.82 Å². The third-order valence-corrected chi connectivity index (χ3v) is 5.58. The summed E-state index contributed by atoms with van der Waals surface area (Å²) < 4.78 is 78.9. The molecule has 1 heterocycles. The van der Waals surface area contributed by atoms with Crippen molar-refractivity contribution in [3.05, 3.63) is 61.1 Å². The summed E-state index contributed by atoms with van der Waals surface area (Å²) in [6.07, 6.45) is -6.62. The maximum Gasteiger partial charge on any atom is 0.431 e. The zero-order chi connectivity index (χ0) is 28.3. The van der Waals surface area contributed by atoms with Crippen molar-refractivity contribution in [3.63, 3.8) is 0 Å². The normalized spacial score (nSPS) is 12.5. The second-order valence-electron chi connectivity index (χ2n) is 7.04. The number of hydrogen-bond acceptors (Lipinski definition) is 7. The van der Waals surface area contributed by atoms with Gasteiger partial charge in [0.1, 0.15) is 11.5 Å². The van der Waals surface area contributed by atoms with Crippen LogP contribution in [0.1, 0.15) is 23.0 Å². The number of ether oxygens (including phenoxy) is 1. The highest BCUT2D eigenvalue weighted by Crippen LogP contribution is 2.27. The minimum Gasteiger partial charge on any atom is -0.479 e. The molecule has 12 nitrogen and oxygen atoms in total. The first kappa shape index (κ1) is 30.8. The number of rotatable bonds is 5. The second kappa shape index (κ2) is 11.2. The Hall–Kier alpha value is -3.28. The number of hydrogen-bond donors (Lipinski definition) is 2. The number of halogens is 5. The largest absolute Gasteiger partial charge is 0.479 e. The van der Waals surface area contributed by atoms with Crippen LogP contribution in [-0.2, 0) is 33.0 Å². The zero-order valence-corrected chi connectivity index (χ0v) is 20.4. The number of nitrogens with zero attached hydrogens (tertiary/aromatic N) is 3. The molecule has 0 saturated heterocycles. The molecule has 1 aromatic carbocycles. The third-order valence-electron chi connectivity index (χ3n) is 4.25. The van der Waals surface area contributed by atoms with Crippen LogP contribution in [0.4, 0.5) is 17.6 Å². The first-order valence-electron chi connectivity index (χ1n) is 9.23. The average Bonchev–Trinajstić information content (AvgIpc) is 2.70. The molecule has 0 fully saturated rings. The predicted molar refractivity (Wildman–Crippen MR) is 117 cm³/mol. The highest BCUT2D eigenvalue weighted by atomic mass is 35.5. The van der Waals surface area contributed by atoms with E-state index in [-0.39, 0.29) is 15.2 Å². The second-order valence-corrected chi connectivity index (χ2v) is 9.21. The molecule has 18 heteroatoms. The van der Waals surface area contributed by atoms with E-state index in [9.17, 15) is 45.2 Å². The molecule has 36 heavy (non-hydrogen) atoms. The van der Waals surface area contributed by atoms with E-state index in [1.807, 2.05) is 0 Å². The Kier molecular flexibility index (Phi) is 9.56. The van der Waals surface area contributed by atoms with Gasteiger partial charge in [0.2, 0.25) is 0 Å². The highest BCUT2D eigenvalue weighted by Gasteiger charge is 2.35. The van der Waals surface area contributed by atoms with E-state index in [0.29, 0.717) is 12.1 Å². The lowest BCUT2D eigenvalue weighted by molar-refractivity contribution is -0.146. The Balaban J connectivity index is 0.000000809. The molecule has 1 atom stereocenters. The van der Waals surface area contributed by atoms with Gasteiger partial charge in [-0.15, -0.1) is 0 Å². The Morgan fingerprint density at radius 1 is 1.19 bits per heavy atom. The fourth-order valence-electron chi connectivity index (χ4n) is 2.26. The Labute approximate surface area is 205 Å². The first-order chi connectivity index (χ1) is 16.2. The minimum absolute atomic E-state index is 0.0678. The number of aromatic nitrogens is 2. The van der Waals surface area contributed by atoms with Crippen molar-refractivity contribution in [3.8, 4) is 5.69 Å². The molecule has 0 radical (unpaired) electrons. The van der Waals surface area contributed by atoms with Gasteiger partial charge in [0, 0.05) is 27.2 Å².